The Kier molecular flexibility index (Phi) is 6.55. The first-order chi connectivity index (χ1) is 15.6. The van der Waals surface area contributed by atoms with E-state index in [9.17, 15) is 4.79 Å². The van der Waals surface area contributed by atoms with Crippen LogP contribution in [0.15, 0.2) is 47.8 Å². The maximum atomic E-state index is 12.6. The number of benzene rings is 2. The van der Waals surface area contributed by atoms with Gasteiger partial charge in [0.2, 0.25) is 4.96 Å². The van der Waals surface area contributed by atoms with Crippen LogP contribution in [0.4, 0.5) is 0 Å². The molecule has 8 nitrogen and oxygen atoms in total. The van der Waals surface area contributed by atoms with Crippen LogP contribution in [0.1, 0.15) is 23.0 Å². The summed E-state index contributed by atoms with van der Waals surface area (Å²) < 4.78 is 18.0. The van der Waals surface area contributed by atoms with E-state index in [2.05, 4.69) is 15.4 Å². The minimum atomic E-state index is -0.162. The number of hydrogen-bond donors (Lipinski definition) is 1. The molecule has 0 saturated heterocycles. The molecule has 166 valence electrons. The van der Waals surface area contributed by atoms with Crippen LogP contribution in [0.3, 0.4) is 0 Å². The zero-order chi connectivity index (χ0) is 22.5. The largest absolute Gasteiger partial charge is 0.493 e. The van der Waals surface area contributed by atoms with Crippen LogP contribution in [-0.2, 0) is 6.42 Å². The van der Waals surface area contributed by atoms with Gasteiger partial charge in [0.15, 0.2) is 17.3 Å². The predicted molar refractivity (Wildman–Crippen MR) is 123 cm³/mol. The number of nitrogens with zero attached hydrogens (tertiary/aromatic N) is 3. The van der Waals surface area contributed by atoms with Gasteiger partial charge in [0.05, 0.1) is 32.1 Å². The topological polar surface area (TPSA) is 87.0 Å². The molecule has 0 fully saturated rings. The SMILES string of the molecule is CCOc1ccccc1C(=O)NCCc1csc2nc(-c3ccc(OC)c(OC)c3)nn12. The van der Waals surface area contributed by atoms with Crippen molar-refractivity contribution >= 4 is 22.2 Å². The minimum absolute atomic E-state index is 0.162. The number of hydrogen-bond acceptors (Lipinski definition) is 7. The molecule has 4 rings (SSSR count). The third kappa shape index (κ3) is 4.38. The standard InChI is InChI=1S/C23H24N4O4S/c1-4-31-18-8-6-5-7-17(18)22(28)24-12-11-16-14-32-23-25-21(26-27(16)23)15-9-10-19(29-2)20(13-15)30-3/h5-10,13-14H,4,11-12H2,1-3H3,(H,24,28). The maximum absolute atomic E-state index is 12.6. The van der Waals surface area contributed by atoms with Crippen molar-refractivity contribution < 1.29 is 19.0 Å². The van der Waals surface area contributed by atoms with Crippen molar-refractivity contribution in [2.75, 3.05) is 27.4 Å². The van der Waals surface area contributed by atoms with Crippen molar-refractivity contribution in [3.05, 3.63) is 59.1 Å². The van der Waals surface area contributed by atoms with E-state index in [1.165, 1.54) is 11.3 Å². The normalized spacial score (nSPS) is 10.8. The number of rotatable bonds is 9. The average molecular weight is 453 g/mol. The van der Waals surface area contributed by atoms with Gasteiger partial charge < -0.3 is 19.5 Å². The second kappa shape index (κ2) is 9.69. The van der Waals surface area contributed by atoms with Gasteiger partial charge in [0.1, 0.15) is 5.75 Å². The summed E-state index contributed by atoms with van der Waals surface area (Å²) in [5.74, 6) is 2.30. The first kappa shape index (κ1) is 21.6. The fraction of sp³-hybridized carbons (Fsp3) is 0.261. The van der Waals surface area contributed by atoms with Gasteiger partial charge in [-0.3, -0.25) is 4.79 Å². The molecule has 0 aliphatic rings. The van der Waals surface area contributed by atoms with Crippen LogP contribution < -0.4 is 19.5 Å². The van der Waals surface area contributed by atoms with Crippen LogP contribution in [-0.4, -0.2) is 47.9 Å². The number of carbonyl (C=O) groups excluding carboxylic acids is 1. The molecule has 2 aromatic carbocycles. The molecule has 0 radical (unpaired) electrons. The number of amides is 1. The molecule has 0 atom stereocenters. The lowest BCUT2D eigenvalue weighted by atomic mass is 10.2. The van der Waals surface area contributed by atoms with Gasteiger partial charge in [-0.15, -0.1) is 16.4 Å². The van der Waals surface area contributed by atoms with Gasteiger partial charge in [-0.2, -0.15) is 4.98 Å². The Labute approximate surface area is 189 Å². The summed E-state index contributed by atoms with van der Waals surface area (Å²) in [6, 6.07) is 12.8. The Morgan fingerprint density at radius 3 is 2.69 bits per heavy atom. The van der Waals surface area contributed by atoms with Crippen LogP contribution in [0, 0.1) is 0 Å². The molecule has 2 heterocycles. The first-order valence-corrected chi connectivity index (χ1v) is 11.1. The molecule has 0 aliphatic heterocycles. The maximum Gasteiger partial charge on any atom is 0.255 e. The second-order valence-corrected chi connectivity index (χ2v) is 7.70. The molecular formula is C23H24N4O4S. The Morgan fingerprint density at radius 1 is 1.09 bits per heavy atom. The van der Waals surface area contributed by atoms with Crippen molar-refractivity contribution in [1.82, 2.24) is 19.9 Å². The van der Waals surface area contributed by atoms with Gasteiger partial charge in [-0.05, 0) is 37.3 Å². The lowest BCUT2D eigenvalue weighted by Crippen LogP contribution is -2.26. The molecule has 0 spiro atoms. The number of aromatic nitrogens is 3. The molecule has 4 aromatic rings. The summed E-state index contributed by atoms with van der Waals surface area (Å²) in [6.45, 7) is 2.87. The van der Waals surface area contributed by atoms with Crippen molar-refractivity contribution in [3.8, 4) is 28.6 Å². The van der Waals surface area contributed by atoms with Gasteiger partial charge >= 0.3 is 0 Å². The second-order valence-electron chi connectivity index (χ2n) is 6.86. The average Bonchev–Trinajstić information content (AvgIpc) is 3.41. The fourth-order valence-corrected chi connectivity index (χ4v) is 4.19. The highest BCUT2D eigenvalue weighted by molar-refractivity contribution is 7.15. The fourth-order valence-electron chi connectivity index (χ4n) is 3.33. The Balaban J connectivity index is 1.46. The van der Waals surface area contributed by atoms with Crippen LogP contribution in [0.5, 0.6) is 17.2 Å². The number of methoxy groups -OCH3 is 2. The number of nitrogens with one attached hydrogen (secondary N) is 1. The number of thiazole rings is 1. The third-order valence-electron chi connectivity index (χ3n) is 4.89. The van der Waals surface area contributed by atoms with Crippen molar-refractivity contribution in [2.24, 2.45) is 0 Å². The van der Waals surface area contributed by atoms with E-state index in [4.69, 9.17) is 14.2 Å². The Bertz CT molecular complexity index is 1230. The molecule has 32 heavy (non-hydrogen) atoms. The van der Waals surface area contributed by atoms with Crippen molar-refractivity contribution in [3.63, 3.8) is 0 Å². The summed E-state index contributed by atoms with van der Waals surface area (Å²) in [7, 11) is 3.20. The number of fused-ring (bicyclic) bond motifs is 1. The summed E-state index contributed by atoms with van der Waals surface area (Å²) in [4.78, 5) is 18.0. The zero-order valence-corrected chi connectivity index (χ0v) is 18.9. The summed E-state index contributed by atoms with van der Waals surface area (Å²) in [6.07, 6.45) is 0.622. The lowest BCUT2D eigenvalue weighted by molar-refractivity contribution is 0.0950. The van der Waals surface area contributed by atoms with E-state index in [0.29, 0.717) is 48.2 Å². The summed E-state index contributed by atoms with van der Waals surface area (Å²) in [5, 5.41) is 9.62. The minimum Gasteiger partial charge on any atom is -0.493 e. The zero-order valence-electron chi connectivity index (χ0n) is 18.1. The highest BCUT2D eigenvalue weighted by atomic mass is 32.1. The van der Waals surface area contributed by atoms with E-state index >= 15 is 0 Å². The quantitative estimate of drug-likeness (QED) is 0.415. The molecule has 0 aliphatic carbocycles. The van der Waals surface area contributed by atoms with Crippen molar-refractivity contribution in [2.45, 2.75) is 13.3 Å². The number of para-hydroxylation sites is 1. The molecule has 0 saturated carbocycles. The molecule has 1 N–H and O–H groups in total. The Morgan fingerprint density at radius 2 is 1.91 bits per heavy atom. The van der Waals surface area contributed by atoms with Gasteiger partial charge in [-0.1, -0.05) is 12.1 Å². The molecule has 2 aromatic heterocycles. The summed E-state index contributed by atoms with van der Waals surface area (Å²) >= 11 is 1.51. The molecule has 1 amide bonds. The van der Waals surface area contributed by atoms with Gasteiger partial charge in [0.25, 0.3) is 5.91 Å². The monoisotopic (exact) mass is 452 g/mol. The number of carbonyl (C=O) groups is 1. The highest BCUT2D eigenvalue weighted by Gasteiger charge is 2.15. The lowest BCUT2D eigenvalue weighted by Gasteiger charge is -2.10. The predicted octanol–water partition coefficient (Wildman–Crippen LogP) is 3.85. The van der Waals surface area contributed by atoms with Crippen LogP contribution >= 0.6 is 11.3 Å². The molecule has 0 unspecified atom stereocenters. The summed E-state index contributed by atoms with van der Waals surface area (Å²) in [5.41, 5.74) is 2.34. The first-order valence-electron chi connectivity index (χ1n) is 10.2. The molecule has 9 heteroatoms. The smallest absolute Gasteiger partial charge is 0.255 e. The van der Waals surface area contributed by atoms with Gasteiger partial charge in [0, 0.05) is 23.9 Å². The molecule has 0 bridgehead atoms. The van der Waals surface area contributed by atoms with Crippen molar-refractivity contribution in [1.29, 1.82) is 0 Å². The van der Waals surface area contributed by atoms with Crippen LogP contribution in [0.2, 0.25) is 0 Å². The van der Waals surface area contributed by atoms with E-state index < -0.39 is 0 Å². The molecular weight excluding hydrogens is 428 g/mol. The van der Waals surface area contributed by atoms with E-state index in [1.54, 1.807) is 26.4 Å². The van der Waals surface area contributed by atoms with E-state index in [0.717, 1.165) is 16.2 Å². The Hall–Kier alpha value is -3.59. The third-order valence-corrected chi connectivity index (χ3v) is 5.75. The van der Waals surface area contributed by atoms with Crippen LogP contribution in [0.25, 0.3) is 16.3 Å². The van der Waals surface area contributed by atoms with Gasteiger partial charge in [-0.25, -0.2) is 4.52 Å². The highest BCUT2D eigenvalue weighted by Crippen LogP contribution is 2.31. The number of ether oxygens (including phenoxy) is 3. The van der Waals surface area contributed by atoms with E-state index in [-0.39, 0.29) is 5.91 Å². The van der Waals surface area contributed by atoms with E-state index in [1.807, 2.05) is 47.2 Å².